The molecule has 18 heavy (non-hydrogen) atoms. The van der Waals surface area contributed by atoms with Crippen LogP contribution in [0.5, 0.6) is 0 Å². The van der Waals surface area contributed by atoms with Crippen LogP contribution in [0.2, 0.25) is 0 Å². The van der Waals surface area contributed by atoms with Gasteiger partial charge >= 0.3 is 13.5 Å². The van der Waals surface area contributed by atoms with Gasteiger partial charge in [-0.25, -0.2) is 4.68 Å². The Morgan fingerprint density at radius 1 is 1.11 bits per heavy atom. The van der Waals surface area contributed by atoms with Gasteiger partial charge in [-0.2, -0.15) is 14.7 Å². The van der Waals surface area contributed by atoms with E-state index in [1.54, 1.807) is 12.1 Å². The minimum atomic E-state index is -4.29. The summed E-state index contributed by atoms with van der Waals surface area (Å²) in [5.41, 5.74) is 1.87. The molecule has 0 fully saturated rings. The van der Waals surface area contributed by atoms with Crippen LogP contribution in [0.4, 0.5) is 0 Å². The highest BCUT2D eigenvalue weighted by Crippen LogP contribution is 2.41. The van der Waals surface area contributed by atoms with Crippen LogP contribution in [0.15, 0.2) is 29.2 Å². The van der Waals surface area contributed by atoms with Gasteiger partial charge in [0.1, 0.15) is 0 Å². The Morgan fingerprint density at radius 3 is 2.11 bits per heavy atom. The molecule has 2 rings (SSSR count). The summed E-state index contributed by atoms with van der Waals surface area (Å²) in [6.45, 7) is 3.79. The molecule has 0 spiro atoms. The monoisotopic (exact) mass is 269 g/mol. The molecular formula is C11H14N2O4P+. The number of benzene rings is 1. The normalized spacial score (nSPS) is 11.8. The Labute approximate surface area is 104 Å². The van der Waals surface area contributed by atoms with Crippen molar-refractivity contribution in [2.45, 2.75) is 13.8 Å². The molecule has 1 aromatic heterocycles. The first-order valence-electron chi connectivity index (χ1n) is 5.26. The van der Waals surface area contributed by atoms with E-state index < -0.39 is 18.8 Å². The van der Waals surface area contributed by atoms with Gasteiger partial charge in [-0.3, -0.25) is 9.89 Å². The van der Waals surface area contributed by atoms with E-state index in [-0.39, 0.29) is 0 Å². The molecule has 0 atom stereocenters. The van der Waals surface area contributed by atoms with Gasteiger partial charge in [0.15, 0.2) is 0 Å². The average molecular weight is 269 g/mol. The molecule has 0 saturated heterocycles. The van der Waals surface area contributed by atoms with Crippen LogP contribution >= 0.6 is 7.94 Å². The third kappa shape index (κ3) is 2.37. The predicted molar refractivity (Wildman–Crippen MR) is 69.1 cm³/mol. The van der Waals surface area contributed by atoms with E-state index in [1.165, 1.54) is 0 Å². The fraction of sp³-hybridized carbons (Fsp3) is 0.182. The summed E-state index contributed by atoms with van der Waals surface area (Å²) in [4.78, 5) is 39.3. The number of H-pyrrole nitrogens is 1. The zero-order valence-electron chi connectivity index (χ0n) is 9.95. The number of aromatic nitrogens is 2. The molecule has 7 heteroatoms. The topological polar surface area (TPSA) is 98.5 Å². The van der Waals surface area contributed by atoms with E-state index in [0.29, 0.717) is 5.69 Å². The Bertz CT molecular complexity index is 619. The molecule has 0 unspecified atom stereocenters. The van der Waals surface area contributed by atoms with Crippen LogP contribution in [0.3, 0.4) is 0 Å². The van der Waals surface area contributed by atoms with Gasteiger partial charge in [0, 0.05) is 0 Å². The third-order valence-electron chi connectivity index (χ3n) is 2.54. The Morgan fingerprint density at radius 2 is 1.67 bits per heavy atom. The van der Waals surface area contributed by atoms with Gasteiger partial charge in [0.2, 0.25) is 0 Å². The van der Waals surface area contributed by atoms with Crippen molar-refractivity contribution in [3.05, 3.63) is 45.9 Å². The molecule has 2 aromatic rings. The van der Waals surface area contributed by atoms with Gasteiger partial charge in [-0.05, 0) is 37.1 Å². The predicted octanol–water partition coefficient (Wildman–Crippen LogP) is 0.147. The molecule has 1 heterocycles. The number of aromatic amines is 1. The van der Waals surface area contributed by atoms with E-state index in [0.717, 1.165) is 22.0 Å². The van der Waals surface area contributed by atoms with Crippen LogP contribution in [0.25, 0.3) is 5.69 Å². The number of aryl methyl sites for hydroxylation is 2. The third-order valence-corrected chi connectivity index (χ3v) is 3.51. The van der Waals surface area contributed by atoms with Crippen LogP contribution < -0.4 is 10.9 Å². The molecule has 0 amide bonds. The van der Waals surface area contributed by atoms with Crippen LogP contribution in [-0.2, 0) is 0 Å². The Hall–Kier alpha value is -1.46. The summed E-state index contributed by atoms with van der Waals surface area (Å²) in [5.74, 6) is 0. The van der Waals surface area contributed by atoms with E-state index in [1.807, 2.05) is 19.9 Å². The second kappa shape index (κ2) is 4.33. The summed E-state index contributed by atoms with van der Waals surface area (Å²) >= 11 is 0. The lowest BCUT2D eigenvalue weighted by Crippen LogP contribution is -2.29. The standard InChI is InChI=1S/C11H13N2O4P/c1-7-3-8(2)5-9(4-7)13-11(14)10(6-12-13)18(15,16)17/h3-6,15-17H,1-2H3/p+1. The molecule has 0 bridgehead atoms. The van der Waals surface area contributed by atoms with Crippen LogP contribution in [0, 0.1) is 13.8 Å². The minimum absolute atomic E-state index is 0.415. The molecular weight excluding hydrogens is 255 g/mol. The lowest BCUT2D eigenvalue weighted by molar-refractivity contribution is 0.347. The summed E-state index contributed by atoms with van der Waals surface area (Å²) in [7, 11) is -4.29. The molecule has 0 radical (unpaired) electrons. The van der Waals surface area contributed by atoms with Gasteiger partial charge in [0.25, 0.3) is 5.30 Å². The van der Waals surface area contributed by atoms with Crippen molar-refractivity contribution in [3.8, 4) is 5.69 Å². The highest BCUT2D eigenvalue weighted by molar-refractivity contribution is 7.66. The lowest BCUT2D eigenvalue weighted by atomic mass is 10.1. The molecule has 0 aliphatic rings. The first-order chi connectivity index (χ1) is 8.29. The largest absolute Gasteiger partial charge is 0.448 e. The van der Waals surface area contributed by atoms with Gasteiger partial charge in [-0.1, -0.05) is 6.07 Å². The van der Waals surface area contributed by atoms with Crippen molar-refractivity contribution >= 4 is 13.2 Å². The number of hydrogen-bond acceptors (Lipinski definition) is 4. The van der Waals surface area contributed by atoms with E-state index >= 15 is 0 Å². The summed E-state index contributed by atoms with van der Waals surface area (Å²) < 4.78 is 1.16. The van der Waals surface area contributed by atoms with Crippen LogP contribution in [0.1, 0.15) is 11.1 Å². The summed E-state index contributed by atoms with van der Waals surface area (Å²) in [6, 6.07) is 5.52. The average Bonchev–Trinajstić information content (AvgIpc) is 2.57. The van der Waals surface area contributed by atoms with Gasteiger partial charge in [0.05, 0.1) is 11.9 Å². The van der Waals surface area contributed by atoms with E-state index in [9.17, 15) is 4.79 Å². The number of hydrogen-bond donors (Lipinski definition) is 4. The molecule has 0 saturated carbocycles. The van der Waals surface area contributed by atoms with E-state index in [4.69, 9.17) is 14.7 Å². The van der Waals surface area contributed by atoms with Crippen molar-refractivity contribution in [3.63, 3.8) is 0 Å². The Balaban J connectivity index is 2.60. The van der Waals surface area contributed by atoms with Crippen molar-refractivity contribution < 1.29 is 14.7 Å². The smallest absolute Gasteiger partial charge is 0.294 e. The van der Waals surface area contributed by atoms with Gasteiger partial charge < -0.3 is 0 Å². The molecule has 4 N–H and O–H groups in total. The first-order valence-corrected chi connectivity index (χ1v) is 6.91. The highest BCUT2D eigenvalue weighted by Gasteiger charge is 2.39. The van der Waals surface area contributed by atoms with Crippen molar-refractivity contribution in [1.82, 2.24) is 9.78 Å². The summed E-state index contributed by atoms with van der Waals surface area (Å²) in [5, 5.41) is 2.19. The molecule has 1 aromatic carbocycles. The van der Waals surface area contributed by atoms with E-state index in [2.05, 4.69) is 5.10 Å². The lowest BCUT2D eigenvalue weighted by Gasteiger charge is -2.04. The maximum absolute atomic E-state index is 11.9. The molecule has 96 valence electrons. The zero-order valence-corrected chi connectivity index (χ0v) is 10.8. The van der Waals surface area contributed by atoms with Crippen molar-refractivity contribution in [1.29, 1.82) is 0 Å². The number of rotatable bonds is 2. The number of nitrogens with one attached hydrogen (secondary N) is 1. The van der Waals surface area contributed by atoms with Gasteiger partial charge in [-0.15, -0.1) is 0 Å². The fourth-order valence-electron chi connectivity index (χ4n) is 1.85. The quantitative estimate of drug-likeness (QED) is 0.583. The summed E-state index contributed by atoms with van der Waals surface area (Å²) in [6.07, 6.45) is 1.10. The Kier molecular flexibility index (Phi) is 3.12. The maximum atomic E-state index is 11.9. The second-order valence-electron chi connectivity index (χ2n) is 4.21. The molecule has 0 aliphatic heterocycles. The van der Waals surface area contributed by atoms with Crippen molar-refractivity contribution in [2.75, 3.05) is 0 Å². The number of nitrogens with zero attached hydrogens (tertiary/aromatic N) is 1. The molecule has 0 aliphatic carbocycles. The van der Waals surface area contributed by atoms with Crippen molar-refractivity contribution in [2.24, 2.45) is 0 Å². The zero-order chi connectivity index (χ0) is 13.5. The fourth-order valence-corrected chi connectivity index (χ4v) is 2.43. The van der Waals surface area contributed by atoms with Crippen LogP contribution in [-0.4, -0.2) is 24.5 Å². The highest BCUT2D eigenvalue weighted by atomic mass is 31.2. The maximum Gasteiger partial charge on any atom is 0.448 e. The minimum Gasteiger partial charge on any atom is -0.294 e. The first kappa shape index (κ1) is 13.0. The second-order valence-corrected chi connectivity index (χ2v) is 5.83. The SMILES string of the molecule is Cc1cc(C)cc(-n2[nH]cc([P+](O)(O)O)c2=O)c1. The molecule has 6 nitrogen and oxygen atoms in total.